The van der Waals surface area contributed by atoms with E-state index in [4.69, 9.17) is 0 Å². The molecule has 0 aromatic carbocycles. The van der Waals surface area contributed by atoms with Gasteiger partial charge < -0.3 is 4.57 Å². The summed E-state index contributed by atoms with van der Waals surface area (Å²) in [7, 11) is 0. The van der Waals surface area contributed by atoms with Crippen molar-refractivity contribution in [1.29, 1.82) is 0 Å². The van der Waals surface area contributed by atoms with Gasteiger partial charge in [-0.3, -0.25) is 0 Å². The van der Waals surface area contributed by atoms with Crippen molar-refractivity contribution in [2.24, 2.45) is 5.92 Å². The quantitative estimate of drug-likeness (QED) is 0.671. The van der Waals surface area contributed by atoms with E-state index in [0.29, 0.717) is 12.0 Å². The summed E-state index contributed by atoms with van der Waals surface area (Å²) in [5.41, 5.74) is 0. The van der Waals surface area contributed by atoms with Crippen LogP contribution in [0.25, 0.3) is 6.08 Å². The van der Waals surface area contributed by atoms with Crippen molar-refractivity contribution in [2.45, 2.75) is 26.8 Å². The van der Waals surface area contributed by atoms with Gasteiger partial charge in [-0.2, -0.15) is 0 Å². The Labute approximate surface area is 73.9 Å². The molecular formula is C10H16N2. The SMILES string of the molecule is C=Cc1nccn1C(C)C(C)C. The van der Waals surface area contributed by atoms with Crippen LogP contribution in [0.15, 0.2) is 19.0 Å². The van der Waals surface area contributed by atoms with E-state index in [9.17, 15) is 0 Å². The summed E-state index contributed by atoms with van der Waals surface area (Å²) in [6.45, 7) is 10.3. The average Bonchev–Trinajstić information content (AvgIpc) is 2.49. The lowest BCUT2D eigenvalue weighted by atomic mass is 10.1. The Bertz CT molecular complexity index is 261. The summed E-state index contributed by atoms with van der Waals surface area (Å²) in [5.74, 6) is 1.58. The predicted molar refractivity (Wildman–Crippen MR) is 51.9 cm³/mol. The molecule has 12 heavy (non-hydrogen) atoms. The number of nitrogens with zero attached hydrogens (tertiary/aromatic N) is 2. The van der Waals surface area contributed by atoms with Gasteiger partial charge >= 0.3 is 0 Å². The Balaban J connectivity index is 2.93. The van der Waals surface area contributed by atoms with Gasteiger partial charge in [0, 0.05) is 18.4 Å². The molecule has 0 amide bonds. The first-order valence-corrected chi connectivity index (χ1v) is 4.32. The van der Waals surface area contributed by atoms with Gasteiger partial charge in [-0.25, -0.2) is 4.98 Å². The van der Waals surface area contributed by atoms with Crippen LogP contribution < -0.4 is 0 Å². The molecule has 0 saturated heterocycles. The van der Waals surface area contributed by atoms with E-state index in [1.807, 2.05) is 12.4 Å². The standard InChI is InChI=1S/C10H16N2/c1-5-10-11-6-7-12(10)9(4)8(2)3/h5-9H,1H2,2-4H3. The molecule has 66 valence electrons. The fourth-order valence-corrected chi connectivity index (χ4v) is 1.15. The van der Waals surface area contributed by atoms with Crippen LogP contribution in [0.1, 0.15) is 32.6 Å². The van der Waals surface area contributed by atoms with Crippen molar-refractivity contribution in [3.8, 4) is 0 Å². The van der Waals surface area contributed by atoms with Gasteiger partial charge in [0.05, 0.1) is 0 Å². The van der Waals surface area contributed by atoms with Gasteiger partial charge in [0.1, 0.15) is 5.82 Å². The van der Waals surface area contributed by atoms with Crippen molar-refractivity contribution < 1.29 is 0 Å². The third kappa shape index (κ3) is 1.58. The van der Waals surface area contributed by atoms with Crippen LogP contribution >= 0.6 is 0 Å². The first kappa shape index (κ1) is 9.04. The number of hydrogen-bond acceptors (Lipinski definition) is 1. The van der Waals surface area contributed by atoms with Crippen LogP contribution in [0.5, 0.6) is 0 Å². The highest BCUT2D eigenvalue weighted by molar-refractivity contribution is 5.36. The Morgan fingerprint density at radius 3 is 2.67 bits per heavy atom. The van der Waals surface area contributed by atoms with E-state index >= 15 is 0 Å². The van der Waals surface area contributed by atoms with Crippen LogP contribution in [-0.2, 0) is 0 Å². The predicted octanol–water partition coefficient (Wildman–Crippen LogP) is 2.74. The van der Waals surface area contributed by atoms with Crippen LogP contribution in [0, 0.1) is 5.92 Å². The monoisotopic (exact) mass is 164 g/mol. The Morgan fingerprint density at radius 1 is 1.50 bits per heavy atom. The van der Waals surface area contributed by atoms with E-state index < -0.39 is 0 Å². The molecule has 1 atom stereocenters. The van der Waals surface area contributed by atoms with E-state index in [2.05, 4.69) is 36.9 Å². The van der Waals surface area contributed by atoms with Gasteiger partial charge in [0.15, 0.2) is 0 Å². The maximum absolute atomic E-state index is 4.18. The highest BCUT2D eigenvalue weighted by Gasteiger charge is 2.10. The Kier molecular flexibility index (Phi) is 2.69. The molecule has 1 rings (SSSR count). The summed E-state index contributed by atoms with van der Waals surface area (Å²) < 4.78 is 2.15. The topological polar surface area (TPSA) is 17.8 Å². The zero-order chi connectivity index (χ0) is 9.14. The zero-order valence-corrected chi connectivity index (χ0v) is 7.99. The maximum atomic E-state index is 4.18. The first-order chi connectivity index (χ1) is 5.66. The van der Waals surface area contributed by atoms with E-state index in [1.165, 1.54) is 0 Å². The largest absolute Gasteiger partial charge is 0.328 e. The molecule has 0 radical (unpaired) electrons. The summed E-state index contributed by atoms with van der Waals surface area (Å²) in [5, 5.41) is 0. The van der Waals surface area contributed by atoms with Crippen molar-refractivity contribution in [3.05, 3.63) is 24.8 Å². The van der Waals surface area contributed by atoms with Crippen molar-refractivity contribution in [3.63, 3.8) is 0 Å². The van der Waals surface area contributed by atoms with E-state index in [0.717, 1.165) is 5.82 Å². The molecule has 1 aromatic rings. The fraction of sp³-hybridized carbons (Fsp3) is 0.500. The minimum atomic E-state index is 0.487. The number of aromatic nitrogens is 2. The highest BCUT2D eigenvalue weighted by Crippen LogP contribution is 2.18. The van der Waals surface area contributed by atoms with Crippen LogP contribution in [-0.4, -0.2) is 9.55 Å². The number of rotatable bonds is 3. The number of imidazole rings is 1. The summed E-state index contributed by atoms with van der Waals surface area (Å²) >= 11 is 0. The van der Waals surface area contributed by atoms with Crippen molar-refractivity contribution >= 4 is 6.08 Å². The lowest BCUT2D eigenvalue weighted by Crippen LogP contribution is -2.11. The van der Waals surface area contributed by atoms with Gasteiger partial charge in [-0.15, -0.1) is 0 Å². The third-order valence-electron chi connectivity index (χ3n) is 2.28. The van der Waals surface area contributed by atoms with E-state index in [-0.39, 0.29) is 0 Å². The van der Waals surface area contributed by atoms with Crippen LogP contribution in [0.2, 0.25) is 0 Å². The summed E-state index contributed by atoms with van der Waals surface area (Å²) in [4.78, 5) is 4.18. The molecule has 2 heteroatoms. The Hall–Kier alpha value is -1.05. The second-order valence-corrected chi connectivity index (χ2v) is 3.38. The molecule has 0 spiro atoms. The van der Waals surface area contributed by atoms with Crippen LogP contribution in [0.3, 0.4) is 0 Å². The van der Waals surface area contributed by atoms with Crippen molar-refractivity contribution in [1.82, 2.24) is 9.55 Å². The molecule has 1 aromatic heterocycles. The second-order valence-electron chi connectivity index (χ2n) is 3.38. The molecule has 0 aliphatic carbocycles. The molecular weight excluding hydrogens is 148 g/mol. The highest BCUT2D eigenvalue weighted by atomic mass is 15.1. The number of hydrogen-bond donors (Lipinski definition) is 0. The van der Waals surface area contributed by atoms with Crippen molar-refractivity contribution in [2.75, 3.05) is 0 Å². The molecule has 1 unspecified atom stereocenters. The molecule has 0 aliphatic rings. The molecule has 0 fully saturated rings. The van der Waals surface area contributed by atoms with E-state index in [1.54, 1.807) is 6.08 Å². The van der Waals surface area contributed by atoms with Gasteiger partial charge in [-0.05, 0) is 18.9 Å². The molecule has 0 N–H and O–H groups in total. The Morgan fingerprint density at radius 2 is 2.17 bits per heavy atom. The van der Waals surface area contributed by atoms with Gasteiger partial charge in [0.2, 0.25) is 0 Å². The molecule has 0 bridgehead atoms. The third-order valence-corrected chi connectivity index (χ3v) is 2.28. The first-order valence-electron chi connectivity index (χ1n) is 4.32. The summed E-state index contributed by atoms with van der Waals surface area (Å²) in [6.07, 6.45) is 5.61. The van der Waals surface area contributed by atoms with Gasteiger partial charge in [-0.1, -0.05) is 20.4 Å². The minimum Gasteiger partial charge on any atom is -0.328 e. The summed E-state index contributed by atoms with van der Waals surface area (Å²) in [6, 6.07) is 0.487. The molecule has 2 nitrogen and oxygen atoms in total. The minimum absolute atomic E-state index is 0.487. The zero-order valence-electron chi connectivity index (χ0n) is 7.99. The lowest BCUT2D eigenvalue weighted by molar-refractivity contribution is 0.406. The molecule has 1 heterocycles. The smallest absolute Gasteiger partial charge is 0.132 e. The van der Waals surface area contributed by atoms with Gasteiger partial charge in [0.25, 0.3) is 0 Å². The maximum Gasteiger partial charge on any atom is 0.132 e. The second kappa shape index (κ2) is 3.57. The fourth-order valence-electron chi connectivity index (χ4n) is 1.15. The van der Waals surface area contributed by atoms with Crippen LogP contribution in [0.4, 0.5) is 0 Å². The molecule has 0 saturated carbocycles. The normalized spacial score (nSPS) is 13.3. The lowest BCUT2D eigenvalue weighted by Gasteiger charge is -2.18. The molecule has 0 aliphatic heterocycles. The average molecular weight is 164 g/mol.